The second-order valence-electron chi connectivity index (χ2n) is 8.40. The molecule has 0 atom stereocenters. The molecule has 0 aromatic heterocycles. The van der Waals surface area contributed by atoms with Gasteiger partial charge in [-0.1, -0.05) is 40.5 Å². The highest BCUT2D eigenvalue weighted by Crippen LogP contribution is 2.40. The van der Waals surface area contributed by atoms with E-state index >= 15 is 0 Å². The molecule has 0 spiro atoms. The first-order valence-electron chi connectivity index (χ1n) is 8.88. The van der Waals surface area contributed by atoms with Crippen molar-refractivity contribution in [1.82, 2.24) is 10.2 Å². The van der Waals surface area contributed by atoms with E-state index in [2.05, 4.69) is 37.9 Å². The van der Waals surface area contributed by atoms with Crippen molar-refractivity contribution in [2.75, 3.05) is 32.7 Å². The minimum absolute atomic E-state index is 0.560. The maximum Gasteiger partial charge on any atom is 0.00501 e. The zero-order valence-electron chi connectivity index (χ0n) is 14.3. The second kappa shape index (κ2) is 6.79. The summed E-state index contributed by atoms with van der Waals surface area (Å²) in [4.78, 5) is 2.76. The molecule has 20 heavy (non-hydrogen) atoms. The van der Waals surface area contributed by atoms with Crippen LogP contribution in [-0.4, -0.2) is 37.6 Å². The lowest BCUT2D eigenvalue weighted by Crippen LogP contribution is -2.49. The quantitative estimate of drug-likeness (QED) is 0.821. The fourth-order valence-corrected chi connectivity index (χ4v) is 3.95. The van der Waals surface area contributed by atoms with Gasteiger partial charge in [-0.05, 0) is 62.1 Å². The van der Waals surface area contributed by atoms with Gasteiger partial charge >= 0.3 is 0 Å². The van der Waals surface area contributed by atoms with Gasteiger partial charge in [0.2, 0.25) is 0 Å². The Kier molecular flexibility index (Phi) is 5.53. The number of likely N-dealkylation sites (tertiary alicyclic amines) is 1. The molecule has 2 rings (SSSR count). The smallest absolute Gasteiger partial charge is 0.00501 e. The predicted octanol–water partition coefficient (Wildman–Crippen LogP) is 3.91. The zero-order chi connectivity index (χ0) is 14.6. The topological polar surface area (TPSA) is 15.3 Å². The highest BCUT2D eigenvalue weighted by atomic mass is 15.1. The van der Waals surface area contributed by atoms with Crippen LogP contribution in [-0.2, 0) is 0 Å². The summed E-state index contributed by atoms with van der Waals surface area (Å²) in [5.41, 5.74) is 1.14. The van der Waals surface area contributed by atoms with Crippen LogP contribution >= 0.6 is 0 Å². The van der Waals surface area contributed by atoms with Crippen molar-refractivity contribution >= 4 is 0 Å². The van der Waals surface area contributed by atoms with Gasteiger partial charge in [-0.2, -0.15) is 0 Å². The molecule has 1 aliphatic carbocycles. The van der Waals surface area contributed by atoms with E-state index in [4.69, 9.17) is 0 Å². The SMILES string of the molecule is CCNCC1(CN2CCC(C)(C)CC2)CCC(C)CC1. The average molecular weight is 280 g/mol. The third kappa shape index (κ3) is 4.46. The third-order valence-electron chi connectivity index (χ3n) is 5.85. The van der Waals surface area contributed by atoms with Crippen LogP contribution in [0.1, 0.15) is 66.2 Å². The average Bonchev–Trinajstić information content (AvgIpc) is 2.42. The molecule has 2 aliphatic rings. The molecular weight excluding hydrogens is 244 g/mol. The molecule has 0 amide bonds. The van der Waals surface area contributed by atoms with Crippen molar-refractivity contribution in [1.29, 1.82) is 0 Å². The first kappa shape index (κ1) is 16.3. The van der Waals surface area contributed by atoms with E-state index in [1.165, 1.54) is 64.7 Å². The van der Waals surface area contributed by atoms with E-state index in [1.807, 2.05) is 0 Å². The molecular formula is C18H36N2. The zero-order valence-corrected chi connectivity index (χ0v) is 14.3. The largest absolute Gasteiger partial charge is 0.316 e. The molecule has 1 N–H and O–H groups in total. The monoisotopic (exact) mass is 280 g/mol. The molecule has 1 saturated heterocycles. The second-order valence-corrected chi connectivity index (χ2v) is 8.40. The number of hydrogen-bond donors (Lipinski definition) is 1. The highest BCUT2D eigenvalue weighted by molar-refractivity contribution is 4.91. The summed E-state index contributed by atoms with van der Waals surface area (Å²) in [5, 5.41) is 3.65. The van der Waals surface area contributed by atoms with E-state index in [0.717, 1.165) is 12.5 Å². The summed E-state index contributed by atoms with van der Waals surface area (Å²) in [6.45, 7) is 15.8. The summed E-state index contributed by atoms with van der Waals surface area (Å²) in [6, 6.07) is 0. The molecule has 1 heterocycles. The maximum atomic E-state index is 3.65. The van der Waals surface area contributed by atoms with Gasteiger partial charge in [0.25, 0.3) is 0 Å². The van der Waals surface area contributed by atoms with Crippen LogP contribution in [0.25, 0.3) is 0 Å². The first-order chi connectivity index (χ1) is 9.45. The summed E-state index contributed by atoms with van der Waals surface area (Å²) in [5.74, 6) is 0.949. The Morgan fingerprint density at radius 3 is 2.20 bits per heavy atom. The summed E-state index contributed by atoms with van der Waals surface area (Å²) in [7, 11) is 0. The van der Waals surface area contributed by atoms with E-state index in [0.29, 0.717) is 10.8 Å². The number of hydrogen-bond acceptors (Lipinski definition) is 2. The maximum absolute atomic E-state index is 3.65. The van der Waals surface area contributed by atoms with Crippen LogP contribution in [0.5, 0.6) is 0 Å². The number of nitrogens with zero attached hydrogens (tertiary/aromatic N) is 1. The Morgan fingerprint density at radius 1 is 1.05 bits per heavy atom. The van der Waals surface area contributed by atoms with Crippen LogP contribution in [0, 0.1) is 16.7 Å². The van der Waals surface area contributed by atoms with Crippen molar-refractivity contribution in [2.24, 2.45) is 16.7 Å². The lowest BCUT2D eigenvalue weighted by Gasteiger charge is -2.46. The molecule has 1 saturated carbocycles. The van der Waals surface area contributed by atoms with Crippen LogP contribution in [0.3, 0.4) is 0 Å². The molecule has 1 aliphatic heterocycles. The van der Waals surface area contributed by atoms with Crippen molar-refractivity contribution in [3.8, 4) is 0 Å². The van der Waals surface area contributed by atoms with E-state index in [1.54, 1.807) is 0 Å². The van der Waals surface area contributed by atoms with E-state index in [9.17, 15) is 0 Å². The van der Waals surface area contributed by atoms with Crippen molar-refractivity contribution in [3.05, 3.63) is 0 Å². The van der Waals surface area contributed by atoms with Crippen LogP contribution in [0.15, 0.2) is 0 Å². The van der Waals surface area contributed by atoms with Gasteiger partial charge in [0.05, 0.1) is 0 Å². The molecule has 2 nitrogen and oxygen atoms in total. The Labute approximate surface area is 126 Å². The molecule has 2 heteroatoms. The molecule has 0 aromatic carbocycles. The van der Waals surface area contributed by atoms with Crippen LogP contribution < -0.4 is 5.32 Å². The fraction of sp³-hybridized carbons (Fsp3) is 1.00. The van der Waals surface area contributed by atoms with Gasteiger partial charge in [-0.15, -0.1) is 0 Å². The standard InChI is InChI=1S/C18H36N2/c1-5-19-14-18(8-6-16(2)7-9-18)15-20-12-10-17(3,4)11-13-20/h16,19H,5-15H2,1-4H3. The van der Waals surface area contributed by atoms with E-state index < -0.39 is 0 Å². The number of rotatable bonds is 5. The van der Waals surface area contributed by atoms with Crippen molar-refractivity contribution < 1.29 is 0 Å². The molecule has 2 fully saturated rings. The minimum atomic E-state index is 0.560. The summed E-state index contributed by atoms with van der Waals surface area (Å²) < 4.78 is 0. The van der Waals surface area contributed by atoms with Crippen molar-refractivity contribution in [3.63, 3.8) is 0 Å². The van der Waals surface area contributed by atoms with Gasteiger partial charge in [0, 0.05) is 13.1 Å². The summed E-state index contributed by atoms with van der Waals surface area (Å²) in [6.07, 6.45) is 8.49. The molecule has 0 radical (unpaired) electrons. The summed E-state index contributed by atoms with van der Waals surface area (Å²) >= 11 is 0. The lowest BCUT2D eigenvalue weighted by molar-refractivity contribution is 0.0513. The Bertz CT molecular complexity index is 274. The number of piperidine rings is 1. The van der Waals surface area contributed by atoms with Gasteiger partial charge in [-0.3, -0.25) is 0 Å². The predicted molar refractivity (Wildman–Crippen MR) is 88.1 cm³/mol. The molecule has 0 unspecified atom stereocenters. The normalized spacial score (nSPS) is 35.1. The molecule has 0 aromatic rings. The first-order valence-corrected chi connectivity index (χ1v) is 8.88. The van der Waals surface area contributed by atoms with E-state index in [-0.39, 0.29) is 0 Å². The highest BCUT2D eigenvalue weighted by Gasteiger charge is 2.37. The minimum Gasteiger partial charge on any atom is -0.316 e. The van der Waals surface area contributed by atoms with Crippen LogP contribution in [0.4, 0.5) is 0 Å². The third-order valence-corrected chi connectivity index (χ3v) is 5.85. The van der Waals surface area contributed by atoms with Gasteiger partial charge in [0.1, 0.15) is 0 Å². The van der Waals surface area contributed by atoms with Gasteiger partial charge in [-0.25, -0.2) is 0 Å². The fourth-order valence-electron chi connectivity index (χ4n) is 3.95. The van der Waals surface area contributed by atoms with Crippen molar-refractivity contribution in [2.45, 2.75) is 66.2 Å². The number of nitrogens with one attached hydrogen (secondary N) is 1. The van der Waals surface area contributed by atoms with Crippen LogP contribution in [0.2, 0.25) is 0 Å². The molecule has 118 valence electrons. The molecule has 0 bridgehead atoms. The Morgan fingerprint density at radius 2 is 1.65 bits per heavy atom. The lowest BCUT2D eigenvalue weighted by atomic mass is 9.70. The van der Waals surface area contributed by atoms with Gasteiger partial charge < -0.3 is 10.2 Å². The van der Waals surface area contributed by atoms with Gasteiger partial charge in [0.15, 0.2) is 0 Å². The Balaban J connectivity index is 1.91. The Hall–Kier alpha value is -0.0800.